The zero-order valence-electron chi connectivity index (χ0n) is 11.9. The van der Waals surface area contributed by atoms with Crippen LogP contribution < -0.4 is 4.74 Å². The van der Waals surface area contributed by atoms with Gasteiger partial charge in [-0.2, -0.15) is 0 Å². The molecule has 0 atom stereocenters. The second kappa shape index (κ2) is 5.45. The van der Waals surface area contributed by atoms with Gasteiger partial charge in [0.05, 0.1) is 10.9 Å². The molecule has 106 valence electrons. The molecule has 0 unspecified atom stereocenters. The second-order valence-corrected chi connectivity index (χ2v) is 5.13. The van der Waals surface area contributed by atoms with Gasteiger partial charge in [0, 0.05) is 17.8 Å². The predicted molar refractivity (Wildman–Crippen MR) is 87.8 cm³/mol. The van der Waals surface area contributed by atoms with E-state index < -0.39 is 0 Å². The van der Waals surface area contributed by atoms with Gasteiger partial charge in [0.2, 0.25) is 5.88 Å². The van der Waals surface area contributed by atoms with Crippen molar-refractivity contribution in [3.05, 3.63) is 78.6 Å². The lowest BCUT2D eigenvalue weighted by Crippen LogP contribution is -1.98. The van der Waals surface area contributed by atoms with Crippen LogP contribution in [0.5, 0.6) is 5.88 Å². The normalized spacial score (nSPS) is 10.9. The molecular weight excluding hydrogens is 272 g/mol. The monoisotopic (exact) mass is 286 g/mol. The van der Waals surface area contributed by atoms with E-state index in [9.17, 15) is 0 Å². The van der Waals surface area contributed by atoms with Crippen molar-refractivity contribution in [3.8, 4) is 5.88 Å². The standard InChI is InChI=1S/C19H14N2O/c1-2-6-14(7-3-1)13-22-19-17-12-21-18-9-5-4-8-16(18)15(17)10-11-20-19/h1-12H,13H2. The topological polar surface area (TPSA) is 35.0 Å². The highest BCUT2D eigenvalue weighted by Gasteiger charge is 2.07. The fraction of sp³-hybridized carbons (Fsp3) is 0.0526. The molecule has 0 bridgehead atoms. The molecule has 3 nitrogen and oxygen atoms in total. The molecule has 2 heterocycles. The van der Waals surface area contributed by atoms with E-state index in [1.807, 2.05) is 60.8 Å². The molecule has 3 heteroatoms. The van der Waals surface area contributed by atoms with Crippen molar-refractivity contribution in [2.24, 2.45) is 0 Å². The summed E-state index contributed by atoms with van der Waals surface area (Å²) in [6.07, 6.45) is 3.63. The van der Waals surface area contributed by atoms with Gasteiger partial charge in [0.15, 0.2) is 0 Å². The molecule has 0 saturated heterocycles. The minimum atomic E-state index is 0.500. The summed E-state index contributed by atoms with van der Waals surface area (Å²) in [4.78, 5) is 8.87. The van der Waals surface area contributed by atoms with Crippen LogP contribution in [0.15, 0.2) is 73.1 Å². The number of pyridine rings is 2. The smallest absolute Gasteiger partial charge is 0.223 e. The number of fused-ring (bicyclic) bond motifs is 3. The minimum absolute atomic E-state index is 0.500. The zero-order valence-corrected chi connectivity index (χ0v) is 11.9. The third-order valence-corrected chi connectivity index (χ3v) is 3.70. The van der Waals surface area contributed by atoms with Crippen LogP contribution in [0.2, 0.25) is 0 Å². The van der Waals surface area contributed by atoms with Gasteiger partial charge in [-0.15, -0.1) is 0 Å². The van der Waals surface area contributed by atoms with Crippen molar-refractivity contribution >= 4 is 21.7 Å². The Morgan fingerprint density at radius 2 is 1.55 bits per heavy atom. The first-order chi connectivity index (χ1) is 10.9. The van der Waals surface area contributed by atoms with E-state index in [1.165, 1.54) is 0 Å². The SMILES string of the molecule is c1ccc(COc2nccc3c2cnc2ccccc23)cc1. The highest BCUT2D eigenvalue weighted by molar-refractivity contribution is 6.06. The Morgan fingerprint density at radius 3 is 2.45 bits per heavy atom. The van der Waals surface area contributed by atoms with Gasteiger partial charge in [-0.1, -0.05) is 48.5 Å². The molecule has 2 aromatic heterocycles. The Morgan fingerprint density at radius 1 is 0.727 bits per heavy atom. The number of ether oxygens (including phenoxy) is 1. The summed E-state index contributed by atoms with van der Waals surface area (Å²) in [5.74, 6) is 0.625. The summed E-state index contributed by atoms with van der Waals surface area (Å²) in [7, 11) is 0. The van der Waals surface area contributed by atoms with E-state index in [0.29, 0.717) is 12.5 Å². The first-order valence-corrected chi connectivity index (χ1v) is 7.21. The molecule has 0 aliphatic carbocycles. The van der Waals surface area contributed by atoms with Crippen molar-refractivity contribution in [1.29, 1.82) is 0 Å². The van der Waals surface area contributed by atoms with Crippen molar-refractivity contribution < 1.29 is 4.74 Å². The van der Waals surface area contributed by atoms with Crippen LogP contribution in [0.4, 0.5) is 0 Å². The van der Waals surface area contributed by atoms with Gasteiger partial charge < -0.3 is 4.74 Å². The van der Waals surface area contributed by atoms with E-state index in [2.05, 4.69) is 16.0 Å². The van der Waals surface area contributed by atoms with Crippen molar-refractivity contribution in [1.82, 2.24) is 9.97 Å². The van der Waals surface area contributed by atoms with E-state index in [0.717, 1.165) is 27.2 Å². The van der Waals surface area contributed by atoms with Crippen LogP contribution in [0.1, 0.15) is 5.56 Å². The minimum Gasteiger partial charge on any atom is -0.472 e. The average Bonchev–Trinajstić information content (AvgIpc) is 2.60. The highest BCUT2D eigenvalue weighted by Crippen LogP contribution is 2.28. The van der Waals surface area contributed by atoms with Crippen molar-refractivity contribution in [2.75, 3.05) is 0 Å². The summed E-state index contributed by atoms with van der Waals surface area (Å²) in [6.45, 7) is 0.500. The Hall–Kier alpha value is -2.94. The van der Waals surface area contributed by atoms with Crippen LogP contribution >= 0.6 is 0 Å². The Kier molecular flexibility index (Phi) is 3.16. The molecule has 0 fully saturated rings. The lowest BCUT2D eigenvalue weighted by atomic mass is 10.1. The molecule has 0 spiro atoms. The first-order valence-electron chi connectivity index (χ1n) is 7.21. The summed E-state index contributed by atoms with van der Waals surface area (Å²) < 4.78 is 5.90. The Labute approximate surface area is 128 Å². The molecule has 0 aliphatic heterocycles. The maximum atomic E-state index is 5.90. The molecule has 2 aromatic carbocycles. The molecule has 22 heavy (non-hydrogen) atoms. The molecule has 4 rings (SSSR count). The zero-order chi connectivity index (χ0) is 14.8. The fourth-order valence-electron chi connectivity index (χ4n) is 2.60. The van der Waals surface area contributed by atoms with Gasteiger partial charge in [-0.25, -0.2) is 4.98 Å². The van der Waals surface area contributed by atoms with Crippen LogP contribution in [-0.2, 0) is 6.61 Å². The van der Waals surface area contributed by atoms with Gasteiger partial charge in [0.25, 0.3) is 0 Å². The van der Waals surface area contributed by atoms with E-state index in [1.54, 1.807) is 6.20 Å². The summed E-state index contributed by atoms with van der Waals surface area (Å²) in [6, 6.07) is 20.2. The molecule has 0 aliphatic rings. The predicted octanol–water partition coefficient (Wildman–Crippen LogP) is 4.36. The molecule has 4 aromatic rings. The first kappa shape index (κ1) is 12.8. The van der Waals surface area contributed by atoms with E-state index >= 15 is 0 Å². The number of hydrogen-bond donors (Lipinski definition) is 0. The summed E-state index contributed by atoms with van der Waals surface area (Å²) >= 11 is 0. The molecular formula is C19H14N2O. The largest absolute Gasteiger partial charge is 0.472 e. The van der Waals surface area contributed by atoms with Crippen LogP contribution in [0.25, 0.3) is 21.7 Å². The third-order valence-electron chi connectivity index (χ3n) is 3.70. The lowest BCUT2D eigenvalue weighted by Gasteiger charge is -2.09. The van der Waals surface area contributed by atoms with Crippen LogP contribution in [-0.4, -0.2) is 9.97 Å². The van der Waals surface area contributed by atoms with Crippen molar-refractivity contribution in [2.45, 2.75) is 6.61 Å². The van der Waals surface area contributed by atoms with Gasteiger partial charge in [-0.3, -0.25) is 4.98 Å². The molecule has 0 radical (unpaired) electrons. The highest BCUT2D eigenvalue weighted by atomic mass is 16.5. The Balaban J connectivity index is 1.76. The maximum Gasteiger partial charge on any atom is 0.223 e. The Bertz CT molecular complexity index is 935. The number of rotatable bonds is 3. The number of benzene rings is 2. The van der Waals surface area contributed by atoms with Crippen LogP contribution in [0, 0.1) is 0 Å². The fourth-order valence-corrected chi connectivity index (χ4v) is 2.60. The third kappa shape index (κ3) is 2.27. The van der Waals surface area contributed by atoms with Gasteiger partial charge >= 0.3 is 0 Å². The number of para-hydroxylation sites is 1. The maximum absolute atomic E-state index is 5.90. The average molecular weight is 286 g/mol. The summed E-state index contributed by atoms with van der Waals surface area (Å²) in [5, 5.41) is 3.17. The molecule has 0 amide bonds. The number of hydrogen-bond acceptors (Lipinski definition) is 3. The van der Waals surface area contributed by atoms with E-state index in [-0.39, 0.29) is 0 Å². The lowest BCUT2D eigenvalue weighted by molar-refractivity contribution is 0.298. The number of nitrogens with zero attached hydrogens (tertiary/aromatic N) is 2. The molecule has 0 N–H and O–H groups in total. The van der Waals surface area contributed by atoms with E-state index in [4.69, 9.17) is 4.74 Å². The van der Waals surface area contributed by atoms with Crippen LogP contribution in [0.3, 0.4) is 0 Å². The van der Waals surface area contributed by atoms with Gasteiger partial charge in [-0.05, 0) is 23.1 Å². The summed E-state index contributed by atoms with van der Waals surface area (Å²) in [5.41, 5.74) is 2.10. The number of aromatic nitrogens is 2. The quantitative estimate of drug-likeness (QED) is 0.525. The second-order valence-electron chi connectivity index (χ2n) is 5.13. The van der Waals surface area contributed by atoms with Gasteiger partial charge in [0.1, 0.15) is 6.61 Å². The molecule has 0 saturated carbocycles. The van der Waals surface area contributed by atoms with Crippen molar-refractivity contribution in [3.63, 3.8) is 0 Å².